The van der Waals surface area contributed by atoms with Gasteiger partial charge in [0.1, 0.15) is 11.2 Å². The number of benzene rings is 8. The summed E-state index contributed by atoms with van der Waals surface area (Å²) in [4.78, 5) is 0. The van der Waals surface area contributed by atoms with E-state index in [9.17, 15) is 0 Å². The van der Waals surface area contributed by atoms with Gasteiger partial charge in [-0.2, -0.15) is 0 Å². The van der Waals surface area contributed by atoms with Crippen LogP contribution in [0.1, 0.15) is 0 Å². The number of aromatic nitrogens is 2. The molecule has 0 unspecified atom stereocenters. The van der Waals surface area contributed by atoms with Crippen LogP contribution in [0.4, 0.5) is 0 Å². The molecule has 0 spiro atoms. The van der Waals surface area contributed by atoms with Crippen LogP contribution in [-0.4, -0.2) is 9.13 Å². The minimum atomic E-state index is 0.921. The highest BCUT2D eigenvalue weighted by Gasteiger charge is 2.22. The van der Waals surface area contributed by atoms with Crippen LogP contribution < -0.4 is 0 Å². The Hall–Kier alpha value is -6.62. The Morgan fingerprint density at radius 2 is 0.981 bits per heavy atom. The Bertz CT molecular complexity index is 3410. The van der Waals surface area contributed by atoms with E-state index in [-0.39, 0.29) is 0 Å². The molecule has 0 aliphatic carbocycles. The molecule has 0 bridgehead atoms. The van der Waals surface area contributed by atoms with Gasteiger partial charge in [0.15, 0.2) is 0 Å². The summed E-state index contributed by atoms with van der Waals surface area (Å²) in [5.74, 6) is 0. The molecule has 12 rings (SSSR count). The Kier molecular flexibility index (Phi) is 5.65. The van der Waals surface area contributed by atoms with Gasteiger partial charge in [0, 0.05) is 75.0 Å². The minimum Gasteiger partial charge on any atom is -0.455 e. The Morgan fingerprint density at radius 3 is 1.73 bits per heavy atom. The van der Waals surface area contributed by atoms with Crippen LogP contribution >= 0.6 is 11.3 Å². The molecule has 0 amide bonds. The Labute approximate surface area is 301 Å². The third-order valence-corrected chi connectivity index (χ3v) is 12.1. The Morgan fingerprint density at radius 1 is 0.385 bits per heavy atom. The van der Waals surface area contributed by atoms with Gasteiger partial charge >= 0.3 is 0 Å². The van der Waals surface area contributed by atoms with E-state index in [4.69, 9.17) is 4.42 Å². The minimum absolute atomic E-state index is 0.921. The van der Waals surface area contributed by atoms with Gasteiger partial charge in [-0.05, 0) is 48.5 Å². The van der Waals surface area contributed by atoms with Crippen molar-refractivity contribution in [1.82, 2.24) is 9.13 Å². The molecule has 0 saturated heterocycles. The normalized spacial score (nSPS) is 12.2. The van der Waals surface area contributed by atoms with Crippen molar-refractivity contribution in [3.05, 3.63) is 170 Å². The van der Waals surface area contributed by atoms with E-state index in [2.05, 4.69) is 173 Å². The number of hydrogen-bond donors (Lipinski definition) is 0. The van der Waals surface area contributed by atoms with Crippen molar-refractivity contribution < 1.29 is 4.42 Å². The van der Waals surface area contributed by atoms with E-state index in [1.165, 1.54) is 69.3 Å². The molecular weight excluding hydrogens is 653 g/mol. The molecule has 0 aliphatic rings. The van der Waals surface area contributed by atoms with Gasteiger partial charge in [-0.25, -0.2) is 0 Å². The van der Waals surface area contributed by atoms with Crippen LogP contribution in [0.3, 0.4) is 0 Å². The van der Waals surface area contributed by atoms with Crippen molar-refractivity contribution >= 4 is 97.1 Å². The molecule has 4 heterocycles. The molecule has 0 fully saturated rings. The van der Waals surface area contributed by atoms with E-state index in [0.29, 0.717) is 0 Å². The fourth-order valence-corrected chi connectivity index (χ4v) is 9.92. The lowest BCUT2D eigenvalue weighted by atomic mass is 10.00. The largest absolute Gasteiger partial charge is 0.455 e. The lowest BCUT2D eigenvalue weighted by Crippen LogP contribution is -1.98. The van der Waals surface area contributed by atoms with Crippen molar-refractivity contribution in [2.75, 3.05) is 0 Å². The monoisotopic (exact) mass is 680 g/mol. The highest BCUT2D eigenvalue weighted by molar-refractivity contribution is 7.26. The second kappa shape index (κ2) is 10.5. The second-order valence-electron chi connectivity index (χ2n) is 13.6. The van der Waals surface area contributed by atoms with Gasteiger partial charge in [0.05, 0.1) is 22.1 Å². The lowest BCUT2D eigenvalue weighted by Gasteiger charge is -2.12. The molecule has 4 heteroatoms. The summed E-state index contributed by atoms with van der Waals surface area (Å²) in [5, 5.41) is 9.84. The standard InChI is InChI=1S/C48H28N2OS/c1-2-12-29(13-3-1)49-41-21-7-4-14-31(41)34-25-26-35-32-15-5-8-22-42(32)50(46(35)45(34)49)30-24-27-44-40(28-30)39-20-11-19-38(48(39)52-44)37-18-10-17-36-33-16-6-9-23-43(33)51-47(36)37/h1-28H. The van der Waals surface area contributed by atoms with Gasteiger partial charge in [0.2, 0.25) is 0 Å². The van der Waals surface area contributed by atoms with Crippen molar-refractivity contribution in [3.8, 4) is 22.5 Å². The summed E-state index contributed by atoms with van der Waals surface area (Å²) in [6.07, 6.45) is 0. The van der Waals surface area contributed by atoms with Crippen molar-refractivity contribution in [2.24, 2.45) is 0 Å². The molecule has 52 heavy (non-hydrogen) atoms. The van der Waals surface area contributed by atoms with E-state index < -0.39 is 0 Å². The van der Waals surface area contributed by atoms with E-state index in [1.54, 1.807) is 0 Å². The number of hydrogen-bond acceptors (Lipinski definition) is 2. The summed E-state index contributed by atoms with van der Waals surface area (Å²) < 4.78 is 14.0. The molecule has 3 nitrogen and oxygen atoms in total. The molecule has 242 valence electrons. The lowest BCUT2D eigenvalue weighted by molar-refractivity contribution is 0.670. The van der Waals surface area contributed by atoms with Gasteiger partial charge in [-0.15, -0.1) is 11.3 Å². The van der Waals surface area contributed by atoms with Gasteiger partial charge < -0.3 is 13.6 Å². The predicted molar refractivity (Wildman–Crippen MR) is 221 cm³/mol. The first-order chi connectivity index (χ1) is 25.8. The number of rotatable bonds is 3. The summed E-state index contributed by atoms with van der Waals surface area (Å²) in [7, 11) is 0. The SMILES string of the molecule is c1ccc(-n2c3ccccc3c3ccc4c5ccccc5n(-c5ccc6sc7c(-c8cccc9c8oc8ccccc89)cccc7c6c5)c4c32)cc1. The van der Waals surface area contributed by atoms with Gasteiger partial charge in [0.25, 0.3) is 0 Å². The maximum Gasteiger partial charge on any atom is 0.143 e. The van der Waals surface area contributed by atoms with Crippen LogP contribution in [0.15, 0.2) is 174 Å². The third kappa shape index (κ3) is 3.74. The van der Waals surface area contributed by atoms with Crippen molar-refractivity contribution in [2.45, 2.75) is 0 Å². The highest BCUT2D eigenvalue weighted by Crippen LogP contribution is 2.46. The van der Waals surface area contributed by atoms with E-state index >= 15 is 0 Å². The fraction of sp³-hybridized carbons (Fsp3) is 0. The smallest absolute Gasteiger partial charge is 0.143 e. The zero-order valence-electron chi connectivity index (χ0n) is 27.9. The first-order valence-corrected chi connectivity index (χ1v) is 18.5. The average Bonchev–Trinajstić information content (AvgIpc) is 3.95. The van der Waals surface area contributed by atoms with Gasteiger partial charge in [-0.3, -0.25) is 0 Å². The van der Waals surface area contributed by atoms with Crippen LogP contribution in [0, 0.1) is 0 Å². The fourth-order valence-electron chi connectivity index (χ4n) is 8.71. The first-order valence-electron chi connectivity index (χ1n) is 17.7. The average molecular weight is 681 g/mol. The molecule has 0 radical (unpaired) electrons. The van der Waals surface area contributed by atoms with E-state index in [0.717, 1.165) is 38.9 Å². The van der Waals surface area contributed by atoms with E-state index in [1.807, 2.05) is 17.4 Å². The molecule has 0 saturated carbocycles. The van der Waals surface area contributed by atoms with Crippen LogP contribution in [0.2, 0.25) is 0 Å². The second-order valence-corrected chi connectivity index (χ2v) is 14.7. The molecule has 4 aromatic heterocycles. The zero-order chi connectivity index (χ0) is 33.9. The highest BCUT2D eigenvalue weighted by atomic mass is 32.1. The topological polar surface area (TPSA) is 23.0 Å². The maximum absolute atomic E-state index is 6.51. The summed E-state index contributed by atoms with van der Waals surface area (Å²) >= 11 is 1.86. The zero-order valence-corrected chi connectivity index (χ0v) is 28.7. The molecule has 0 aliphatic heterocycles. The summed E-state index contributed by atoms with van der Waals surface area (Å²) in [6, 6.07) is 61.6. The Balaban J connectivity index is 1.16. The summed E-state index contributed by atoms with van der Waals surface area (Å²) in [5.41, 5.74) is 11.4. The van der Waals surface area contributed by atoms with Crippen LogP contribution in [-0.2, 0) is 0 Å². The molecular formula is C48H28N2OS. The molecule has 0 atom stereocenters. The number of thiophene rings is 1. The van der Waals surface area contributed by atoms with Gasteiger partial charge in [-0.1, -0.05) is 121 Å². The quantitative estimate of drug-likeness (QED) is 0.182. The van der Waals surface area contributed by atoms with Crippen LogP contribution in [0.25, 0.3) is 108 Å². The maximum atomic E-state index is 6.51. The number of furan rings is 1. The van der Waals surface area contributed by atoms with Crippen molar-refractivity contribution in [1.29, 1.82) is 0 Å². The summed E-state index contributed by atoms with van der Waals surface area (Å²) in [6.45, 7) is 0. The molecule has 12 aromatic rings. The molecule has 0 N–H and O–H groups in total. The first kappa shape index (κ1) is 28.1. The number of nitrogens with zero attached hydrogens (tertiary/aromatic N) is 2. The number of fused-ring (bicyclic) bond motifs is 13. The van der Waals surface area contributed by atoms with Crippen molar-refractivity contribution in [3.63, 3.8) is 0 Å². The third-order valence-electron chi connectivity index (χ3n) is 10.9. The predicted octanol–water partition coefficient (Wildman–Crippen LogP) is 13.8. The van der Waals surface area contributed by atoms with Crippen LogP contribution in [0.5, 0.6) is 0 Å². The number of para-hydroxylation sites is 5. The molecule has 8 aromatic carbocycles.